The summed E-state index contributed by atoms with van der Waals surface area (Å²) in [4.78, 5) is 7.15. The Labute approximate surface area is 132 Å². The van der Waals surface area contributed by atoms with E-state index >= 15 is 0 Å². The van der Waals surface area contributed by atoms with Crippen LogP contribution in [0.4, 0.5) is 0 Å². The van der Waals surface area contributed by atoms with Crippen LogP contribution in [0.2, 0.25) is 0 Å². The summed E-state index contributed by atoms with van der Waals surface area (Å²) in [5, 5.41) is -0.440. The van der Waals surface area contributed by atoms with Crippen molar-refractivity contribution < 1.29 is 16.8 Å². The number of rotatable bonds is 2. The Morgan fingerprint density at radius 2 is 2.05 bits per heavy atom. The van der Waals surface area contributed by atoms with Crippen LogP contribution in [0, 0.1) is 0 Å². The predicted octanol–water partition coefficient (Wildman–Crippen LogP) is 1.38. The van der Waals surface area contributed by atoms with Crippen LogP contribution in [0.3, 0.4) is 0 Å². The lowest BCUT2D eigenvalue weighted by Gasteiger charge is -2.07. The smallest absolute Gasteiger partial charge is 0.260 e. The minimum Gasteiger partial charge on any atom is -0.266 e. The minimum atomic E-state index is -4.03. The minimum absolute atomic E-state index is 0.350. The molecule has 0 aliphatic carbocycles. The largest absolute Gasteiger partial charge is 0.266 e. The molecule has 0 radical (unpaired) electrons. The van der Waals surface area contributed by atoms with E-state index in [2.05, 4.69) is 9.98 Å². The van der Waals surface area contributed by atoms with Gasteiger partial charge < -0.3 is 0 Å². The number of thioether (sulfide) groups is 1. The monoisotopic (exact) mass is 366 g/mol. The summed E-state index contributed by atoms with van der Waals surface area (Å²) < 4.78 is 42.7. The first-order chi connectivity index (χ1) is 9.86. The van der Waals surface area contributed by atoms with E-state index in [1.807, 2.05) is 24.5 Å². The van der Waals surface area contributed by atoms with Gasteiger partial charge in [0.05, 0.1) is 5.03 Å². The number of halogens is 1. The molecule has 1 atom stereocenters. The number of pyridine rings is 1. The Hall–Kier alpha value is -1.16. The molecule has 6 nitrogen and oxygen atoms in total. The zero-order chi connectivity index (χ0) is 15.9. The zero-order valence-electron chi connectivity index (χ0n) is 10.7. The fourth-order valence-electron chi connectivity index (χ4n) is 1.24. The third-order valence-electron chi connectivity index (χ3n) is 2.12. The van der Waals surface area contributed by atoms with E-state index < -0.39 is 24.7 Å². The Morgan fingerprint density at radius 3 is 2.43 bits per heavy atom. The summed E-state index contributed by atoms with van der Waals surface area (Å²) >= 11 is 1.66. The van der Waals surface area contributed by atoms with Crippen molar-refractivity contribution in [2.45, 2.75) is 10.4 Å². The standard InChI is InChI=1S/C6H7NS.C5H4ClNO4S2/c1-8-6-4-2-3-5-7-6;6-13(10,11)5-4(12(8)9)2-1-3-7-5/h2-5H,1H3;1-3,5H. The van der Waals surface area contributed by atoms with E-state index in [9.17, 15) is 16.8 Å². The predicted molar refractivity (Wildman–Crippen MR) is 86.1 cm³/mol. The summed E-state index contributed by atoms with van der Waals surface area (Å²) in [5.74, 6) is 0. The summed E-state index contributed by atoms with van der Waals surface area (Å²) in [6.45, 7) is 0. The first kappa shape index (κ1) is 17.9. The number of aliphatic imine (C=N–C) groups is 1. The Bertz CT molecular complexity index is 763. The van der Waals surface area contributed by atoms with Gasteiger partial charge in [-0.2, -0.15) is 8.42 Å². The third kappa shape index (κ3) is 6.00. The molecule has 114 valence electrons. The molecule has 21 heavy (non-hydrogen) atoms. The highest BCUT2D eigenvalue weighted by molar-refractivity contribution is 8.15. The third-order valence-corrected chi connectivity index (χ3v) is 5.09. The van der Waals surface area contributed by atoms with Crippen molar-refractivity contribution >= 4 is 52.9 Å². The molecule has 1 aromatic rings. The van der Waals surface area contributed by atoms with E-state index in [0.29, 0.717) is 0 Å². The fourth-order valence-corrected chi connectivity index (χ4v) is 3.81. The molecule has 0 bridgehead atoms. The summed E-state index contributed by atoms with van der Waals surface area (Å²) in [5.41, 5.74) is 0. The number of nitrogens with zero attached hydrogens (tertiary/aromatic N) is 2. The molecule has 0 N–H and O–H groups in total. The SMILES string of the molecule is CSc1ccccn1.O=S(=O)=C1C=CC=NC1S(=O)(=O)Cl. The van der Waals surface area contributed by atoms with Crippen LogP contribution in [-0.4, -0.2) is 44.5 Å². The van der Waals surface area contributed by atoms with Crippen molar-refractivity contribution in [3.63, 3.8) is 0 Å². The van der Waals surface area contributed by atoms with Gasteiger partial charge in [-0.25, -0.2) is 13.4 Å². The summed E-state index contributed by atoms with van der Waals surface area (Å²) in [6.07, 6.45) is 7.46. The lowest BCUT2D eigenvalue weighted by Crippen LogP contribution is -2.26. The normalized spacial score (nSPS) is 17.0. The average Bonchev–Trinajstić information content (AvgIpc) is 2.48. The van der Waals surface area contributed by atoms with E-state index in [4.69, 9.17) is 10.7 Å². The van der Waals surface area contributed by atoms with E-state index in [0.717, 1.165) is 11.1 Å². The molecule has 0 saturated carbocycles. The number of allylic oxidation sites excluding steroid dienone is 1. The zero-order valence-corrected chi connectivity index (χ0v) is 14.0. The van der Waals surface area contributed by atoms with Crippen molar-refractivity contribution in [2.24, 2.45) is 4.99 Å². The average molecular weight is 367 g/mol. The molecule has 1 aromatic heterocycles. The van der Waals surface area contributed by atoms with Crippen LogP contribution in [0.1, 0.15) is 0 Å². The van der Waals surface area contributed by atoms with E-state index in [1.165, 1.54) is 12.3 Å². The molecule has 10 heteroatoms. The number of hydrogen-bond donors (Lipinski definition) is 0. The maximum Gasteiger partial charge on any atom is 0.260 e. The maximum atomic E-state index is 10.8. The van der Waals surface area contributed by atoms with Crippen LogP contribution in [-0.2, 0) is 19.3 Å². The van der Waals surface area contributed by atoms with Crippen LogP contribution >= 0.6 is 22.4 Å². The van der Waals surface area contributed by atoms with Gasteiger partial charge in [-0.05, 0) is 30.5 Å². The van der Waals surface area contributed by atoms with Gasteiger partial charge in [-0.3, -0.25) is 4.99 Å². The molecule has 0 aromatic carbocycles. The molecular weight excluding hydrogens is 356 g/mol. The fraction of sp³-hybridized carbons (Fsp3) is 0.182. The van der Waals surface area contributed by atoms with Crippen LogP contribution in [0.25, 0.3) is 0 Å². The van der Waals surface area contributed by atoms with Gasteiger partial charge in [0, 0.05) is 23.1 Å². The summed E-state index contributed by atoms with van der Waals surface area (Å²) in [6, 6.07) is 5.89. The lowest BCUT2D eigenvalue weighted by molar-refractivity contribution is 0.605. The van der Waals surface area contributed by atoms with Crippen molar-refractivity contribution in [3.8, 4) is 0 Å². The number of aromatic nitrogens is 1. The second-order valence-electron chi connectivity index (χ2n) is 3.49. The second kappa shape index (κ2) is 8.32. The molecule has 0 spiro atoms. The quantitative estimate of drug-likeness (QED) is 0.446. The van der Waals surface area contributed by atoms with Gasteiger partial charge in [-0.1, -0.05) is 6.07 Å². The van der Waals surface area contributed by atoms with Gasteiger partial charge >= 0.3 is 0 Å². The maximum absolute atomic E-state index is 10.8. The summed E-state index contributed by atoms with van der Waals surface area (Å²) in [7, 11) is -1.67. The van der Waals surface area contributed by atoms with Crippen molar-refractivity contribution in [1.82, 2.24) is 4.98 Å². The van der Waals surface area contributed by atoms with Crippen LogP contribution in [0.15, 0.2) is 46.6 Å². The molecule has 2 heterocycles. The van der Waals surface area contributed by atoms with Crippen molar-refractivity contribution in [2.75, 3.05) is 6.26 Å². The lowest BCUT2D eigenvalue weighted by atomic mass is 10.3. The highest BCUT2D eigenvalue weighted by atomic mass is 35.7. The second-order valence-corrected chi connectivity index (χ2v) is 7.95. The Balaban J connectivity index is 0.000000235. The first-order valence-electron chi connectivity index (χ1n) is 5.40. The Morgan fingerprint density at radius 1 is 1.33 bits per heavy atom. The van der Waals surface area contributed by atoms with Gasteiger partial charge in [0.2, 0.25) is 15.7 Å². The highest BCUT2D eigenvalue weighted by Crippen LogP contribution is 2.13. The Kier molecular flexibility index (Phi) is 7.09. The highest BCUT2D eigenvalue weighted by Gasteiger charge is 2.28. The van der Waals surface area contributed by atoms with Gasteiger partial charge in [-0.15, -0.1) is 11.8 Å². The van der Waals surface area contributed by atoms with Crippen LogP contribution < -0.4 is 0 Å². The number of hydrogen-bond acceptors (Lipinski definition) is 7. The van der Waals surface area contributed by atoms with Gasteiger partial charge in [0.15, 0.2) is 0 Å². The van der Waals surface area contributed by atoms with Crippen molar-refractivity contribution in [3.05, 3.63) is 36.5 Å². The van der Waals surface area contributed by atoms with E-state index in [-0.39, 0.29) is 4.86 Å². The van der Waals surface area contributed by atoms with E-state index in [1.54, 1.807) is 18.0 Å². The first-order valence-corrected chi connectivity index (χ1v) is 10.1. The molecule has 1 aliphatic rings. The topological polar surface area (TPSA) is 93.5 Å². The molecular formula is C11H11ClN2O4S3. The number of dihydropyridines is 1. The van der Waals surface area contributed by atoms with Crippen molar-refractivity contribution in [1.29, 1.82) is 0 Å². The van der Waals surface area contributed by atoms with Crippen LogP contribution in [0.5, 0.6) is 0 Å². The molecule has 0 saturated heterocycles. The molecule has 2 rings (SSSR count). The van der Waals surface area contributed by atoms with Gasteiger partial charge in [0.1, 0.15) is 4.86 Å². The van der Waals surface area contributed by atoms with Gasteiger partial charge in [0.25, 0.3) is 9.05 Å². The molecule has 0 amide bonds. The molecule has 0 fully saturated rings. The molecule has 1 unspecified atom stereocenters. The molecule has 1 aliphatic heterocycles.